The van der Waals surface area contributed by atoms with Crippen LogP contribution in [0.4, 0.5) is 4.79 Å². The van der Waals surface area contributed by atoms with Crippen molar-refractivity contribution in [2.45, 2.75) is 25.4 Å². The molecule has 0 radical (unpaired) electrons. The van der Waals surface area contributed by atoms with Gasteiger partial charge in [-0.15, -0.1) is 0 Å². The third-order valence-electron chi connectivity index (χ3n) is 1.88. The molecule has 0 saturated carbocycles. The van der Waals surface area contributed by atoms with Gasteiger partial charge in [0.05, 0.1) is 6.10 Å². The predicted molar refractivity (Wildman–Crippen MR) is 52.8 cm³/mol. The Morgan fingerprint density at radius 1 is 1.53 bits per heavy atom. The van der Waals surface area contributed by atoms with Crippen molar-refractivity contribution in [3.8, 4) is 0 Å². The second-order valence-corrected chi connectivity index (χ2v) is 5.43. The normalized spacial score (nSPS) is 22.1. The molecule has 1 N–H and O–H groups in total. The lowest BCUT2D eigenvalue weighted by Crippen LogP contribution is -2.32. The first-order chi connectivity index (χ1) is 6.97. The minimum Gasteiger partial charge on any atom is -0.446 e. The summed E-state index contributed by atoms with van der Waals surface area (Å²) in [5.41, 5.74) is 0. The molecular formula is C7H12ClNO5S. The van der Waals surface area contributed by atoms with Crippen LogP contribution in [-0.4, -0.2) is 33.8 Å². The Kier molecular flexibility index (Phi) is 4.62. The lowest BCUT2D eigenvalue weighted by Gasteiger charge is -2.21. The van der Waals surface area contributed by atoms with Gasteiger partial charge in [0.15, 0.2) is 0 Å². The minimum absolute atomic E-state index is 0.0399. The first-order valence-electron chi connectivity index (χ1n) is 4.48. The summed E-state index contributed by atoms with van der Waals surface area (Å²) in [5, 5.41) is 0. The Morgan fingerprint density at radius 3 is 2.80 bits per heavy atom. The fraction of sp³-hybridized carbons (Fsp3) is 0.857. The van der Waals surface area contributed by atoms with Crippen molar-refractivity contribution in [2.75, 3.05) is 13.2 Å². The van der Waals surface area contributed by atoms with Gasteiger partial charge in [-0.3, -0.25) is 0 Å². The summed E-state index contributed by atoms with van der Waals surface area (Å²) >= 11 is 0. The molecule has 1 atom stereocenters. The molecule has 0 aromatic heterocycles. The number of amides is 1. The van der Waals surface area contributed by atoms with E-state index >= 15 is 0 Å². The van der Waals surface area contributed by atoms with Crippen LogP contribution in [0.25, 0.3) is 0 Å². The number of carbonyl (C=O) groups is 1. The van der Waals surface area contributed by atoms with E-state index in [1.54, 1.807) is 0 Å². The molecule has 1 saturated heterocycles. The van der Waals surface area contributed by atoms with Gasteiger partial charge < -0.3 is 9.47 Å². The minimum atomic E-state index is -4.07. The second kappa shape index (κ2) is 5.53. The summed E-state index contributed by atoms with van der Waals surface area (Å²) in [6.07, 6.45) is 1.59. The van der Waals surface area contributed by atoms with E-state index < -0.39 is 15.3 Å². The van der Waals surface area contributed by atoms with E-state index in [9.17, 15) is 13.2 Å². The molecule has 0 spiro atoms. The highest BCUT2D eigenvalue weighted by atomic mass is 35.7. The fourth-order valence-corrected chi connectivity index (χ4v) is 1.68. The summed E-state index contributed by atoms with van der Waals surface area (Å²) < 4.78 is 32.2. The van der Waals surface area contributed by atoms with E-state index in [-0.39, 0.29) is 12.7 Å². The molecule has 8 heteroatoms. The van der Waals surface area contributed by atoms with Gasteiger partial charge in [0, 0.05) is 17.3 Å². The highest BCUT2D eigenvalue weighted by molar-refractivity contribution is 8.12. The summed E-state index contributed by atoms with van der Waals surface area (Å²) in [5.74, 6) is 0. The van der Waals surface area contributed by atoms with Gasteiger partial charge in [-0.25, -0.2) is 9.52 Å². The molecule has 6 nitrogen and oxygen atoms in total. The largest absolute Gasteiger partial charge is 0.446 e. The van der Waals surface area contributed by atoms with E-state index in [0.717, 1.165) is 19.3 Å². The van der Waals surface area contributed by atoms with E-state index in [0.29, 0.717) is 6.61 Å². The van der Waals surface area contributed by atoms with Crippen LogP contribution in [-0.2, 0) is 18.7 Å². The van der Waals surface area contributed by atoms with Crippen LogP contribution in [0, 0.1) is 0 Å². The van der Waals surface area contributed by atoms with Crippen LogP contribution < -0.4 is 4.72 Å². The van der Waals surface area contributed by atoms with Crippen LogP contribution in [0.5, 0.6) is 0 Å². The zero-order valence-corrected chi connectivity index (χ0v) is 9.51. The zero-order chi connectivity index (χ0) is 11.3. The van der Waals surface area contributed by atoms with Gasteiger partial charge in [-0.2, -0.15) is 8.42 Å². The van der Waals surface area contributed by atoms with Crippen molar-refractivity contribution >= 4 is 26.0 Å². The second-order valence-electron chi connectivity index (χ2n) is 3.13. The number of carbonyl (C=O) groups excluding carboxylic acids is 1. The van der Waals surface area contributed by atoms with Crippen LogP contribution >= 0.6 is 10.7 Å². The maximum atomic E-state index is 10.8. The van der Waals surface area contributed by atoms with Gasteiger partial charge in [0.1, 0.15) is 6.61 Å². The van der Waals surface area contributed by atoms with Crippen LogP contribution in [0.1, 0.15) is 19.3 Å². The Morgan fingerprint density at radius 2 is 2.27 bits per heavy atom. The SMILES string of the molecule is O=C(NS(=O)(=O)Cl)OCC1CCCCO1. The summed E-state index contributed by atoms with van der Waals surface area (Å²) in [6, 6.07) is 0. The van der Waals surface area contributed by atoms with E-state index in [1.807, 2.05) is 0 Å². The molecule has 1 unspecified atom stereocenters. The third kappa shape index (κ3) is 5.81. The molecule has 0 aromatic rings. The molecule has 1 rings (SSSR count). The predicted octanol–water partition coefficient (Wildman–Crippen LogP) is 0.765. The molecule has 0 aromatic carbocycles. The average Bonchev–Trinajstić information content (AvgIpc) is 2.14. The quantitative estimate of drug-likeness (QED) is 0.755. The number of halogens is 1. The van der Waals surface area contributed by atoms with Crippen molar-refractivity contribution in [3.63, 3.8) is 0 Å². The van der Waals surface area contributed by atoms with Crippen LogP contribution in [0.15, 0.2) is 0 Å². The molecule has 1 fully saturated rings. The Balaban J connectivity index is 2.21. The molecule has 0 bridgehead atoms. The molecule has 1 aliphatic rings. The molecule has 1 heterocycles. The highest BCUT2D eigenvalue weighted by Crippen LogP contribution is 2.12. The summed E-state index contributed by atoms with van der Waals surface area (Å²) in [4.78, 5) is 10.8. The van der Waals surface area contributed by atoms with Crippen molar-refractivity contribution in [3.05, 3.63) is 0 Å². The molecular weight excluding hydrogens is 246 g/mol. The maximum absolute atomic E-state index is 10.8. The highest BCUT2D eigenvalue weighted by Gasteiger charge is 2.17. The number of nitrogens with one attached hydrogen (secondary N) is 1. The standard InChI is InChI=1S/C7H12ClNO5S/c8-15(11,12)9-7(10)14-5-6-3-1-2-4-13-6/h6H,1-5H2,(H,9,10). The van der Waals surface area contributed by atoms with Crippen molar-refractivity contribution in [2.24, 2.45) is 0 Å². The van der Waals surface area contributed by atoms with Gasteiger partial charge in [-0.1, -0.05) is 0 Å². The first-order valence-corrected chi connectivity index (χ1v) is 6.79. The first kappa shape index (κ1) is 12.5. The number of hydrogen-bond donors (Lipinski definition) is 1. The molecule has 0 aliphatic carbocycles. The lowest BCUT2D eigenvalue weighted by molar-refractivity contribution is -0.0215. The monoisotopic (exact) mass is 257 g/mol. The average molecular weight is 258 g/mol. The number of rotatable bonds is 3. The van der Waals surface area contributed by atoms with E-state index in [1.165, 1.54) is 4.72 Å². The Hall–Kier alpha value is -0.530. The van der Waals surface area contributed by atoms with Gasteiger partial charge >= 0.3 is 15.3 Å². The van der Waals surface area contributed by atoms with E-state index in [2.05, 4.69) is 4.74 Å². The van der Waals surface area contributed by atoms with Crippen molar-refractivity contribution < 1.29 is 22.7 Å². The maximum Gasteiger partial charge on any atom is 0.421 e. The molecule has 1 aliphatic heterocycles. The Labute approximate surface area is 92.4 Å². The summed E-state index contributed by atoms with van der Waals surface area (Å²) in [6.45, 7) is 0.682. The van der Waals surface area contributed by atoms with Crippen molar-refractivity contribution in [1.29, 1.82) is 0 Å². The van der Waals surface area contributed by atoms with Crippen molar-refractivity contribution in [1.82, 2.24) is 4.72 Å². The van der Waals surface area contributed by atoms with Gasteiger partial charge in [0.25, 0.3) is 0 Å². The van der Waals surface area contributed by atoms with Gasteiger partial charge in [0.2, 0.25) is 0 Å². The number of hydrogen-bond acceptors (Lipinski definition) is 5. The molecule has 88 valence electrons. The zero-order valence-electron chi connectivity index (χ0n) is 7.94. The third-order valence-corrected chi connectivity index (χ3v) is 2.52. The van der Waals surface area contributed by atoms with Crippen LogP contribution in [0.3, 0.4) is 0 Å². The number of ether oxygens (including phenoxy) is 2. The fourth-order valence-electron chi connectivity index (χ4n) is 1.24. The topological polar surface area (TPSA) is 81.7 Å². The Bertz CT molecular complexity index is 311. The van der Waals surface area contributed by atoms with Gasteiger partial charge in [-0.05, 0) is 19.3 Å². The molecule has 1 amide bonds. The van der Waals surface area contributed by atoms with E-state index in [4.69, 9.17) is 15.4 Å². The summed E-state index contributed by atoms with van der Waals surface area (Å²) in [7, 11) is 0.709. The van der Waals surface area contributed by atoms with Crippen LogP contribution in [0.2, 0.25) is 0 Å². The smallest absolute Gasteiger partial charge is 0.421 e. The molecule has 15 heavy (non-hydrogen) atoms. The lowest BCUT2D eigenvalue weighted by atomic mass is 10.1.